The summed E-state index contributed by atoms with van der Waals surface area (Å²) in [5.74, 6) is 3.22. The van der Waals surface area contributed by atoms with Crippen molar-refractivity contribution in [2.75, 3.05) is 20.1 Å². The van der Waals surface area contributed by atoms with Gasteiger partial charge in [0, 0.05) is 35.7 Å². The summed E-state index contributed by atoms with van der Waals surface area (Å²) in [6.45, 7) is 1.23. The summed E-state index contributed by atoms with van der Waals surface area (Å²) in [7, 11) is 1.72. The number of aliphatic imine (C=N–C) groups is 1. The van der Waals surface area contributed by atoms with E-state index < -0.39 is 0 Å². The lowest BCUT2D eigenvalue weighted by Crippen LogP contribution is -2.38. The third-order valence-corrected chi connectivity index (χ3v) is 3.23. The van der Waals surface area contributed by atoms with Crippen molar-refractivity contribution in [3.05, 3.63) is 35.0 Å². The second-order valence-electron chi connectivity index (χ2n) is 4.31. The molecule has 0 radical (unpaired) electrons. The molecule has 0 spiro atoms. The molecule has 0 atom stereocenters. The van der Waals surface area contributed by atoms with E-state index in [2.05, 4.69) is 26.5 Å². The van der Waals surface area contributed by atoms with Crippen LogP contribution >= 0.6 is 35.6 Å². The Balaban J connectivity index is 0.00000220. The fourth-order valence-corrected chi connectivity index (χ4v) is 2.20. The second-order valence-corrected chi connectivity index (χ2v) is 4.75. The molecule has 0 amide bonds. The van der Waals surface area contributed by atoms with Gasteiger partial charge in [-0.1, -0.05) is 17.5 Å². The average Bonchev–Trinajstić information content (AvgIpc) is 2.85. The predicted octanol–water partition coefficient (Wildman–Crippen LogP) is 2.78. The van der Waals surface area contributed by atoms with Gasteiger partial charge in [0.25, 0.3) is 0 Å². The molecule has 0 saturated carbocycles. The first-order valence-electron chi connectivity index (χ1n) is 6.38. The lowest BCUT2D eigenvalue weighted by Gasteiger charge is -2.09. The molecule has 0 aliphatic rings. The molecule has 0 saturated heterocycles. The van der Waals surface area contributed by atoms with Gasteiger partial charge in [-0.3, -0.25) is 4.99 Å². The Hall–Kier alpha value is -1.39. The summed E-state index contributed by atoms with van der Waals surface area (Å²) in [5.41, 5.74) is 2.32. The molecular formula is C15H18ClIN4. The molecule has 0 aliphatic carbocycles. The molecule has 1 aromatic heterocycles. The van der Waals surface area contributed by atoms with Crippen molar-refractivity contribution in [3.63, 3.8) is 0 Å². The second kappa shape index (κ2) is 8.80. The molecule has 6 heteroatoms. The summed E-state index contributed by atoms with van der Waals surface area (Å²) in [6, 6.07) is 5.85. The highest BCUT2D eigenvalue weighted by Crippen LogP contribution is 2.22. The predicted molar refractivity (Wildman–Crippen MR) is 101 cm³/mol. The number of terminal acetylenes is 1. The van der Waals surface area contributed by atoms with E-state index in [-0.39, 0.29) is 24.0 Å². The SMILES string of the molecule is C#CCNC(=NC)NCCc1c[nH]c2ccc(Cl)cc12.I. The Kier molecular flexibility index (Phi) is 7.40. The molecule has 112 valence electrons. The van der Waals surface area contributed by atoms with Crippen LogP contribution in [0.2, 0.25) is 5.02 Å². The van der Waals surface area contributed by atoms with E-state index in [1.54, 1.807) is 7.05 Å². The molecule has 3 N–H and O–H groups in total. The van der Waals surface area contributed by atoms with Crippen molar-refractivity contribution < 1.29 is 0 Å². The highest BCUT2D eigenvalue weighted by molar-refractivity contribution is 14.0. The van der Waals surface area contributed by atoms with Gasteiger partial charge in [-0.15, -0.1) is 30.4 Å². The minimum absolute atomic E-state index is 0. The summed E-state index contributed by atoms with van der Waals surface area (Å²) in [5, 5.41) is 8.14. The lowest BCUT2D eigenvalue weighted by atomic mass is 10.1. The van der Waals surface area contributed by atoms with Crippen LogP contribution in [0.5, 0.6) is 0 Å². The Bertz CT molecular complexity index is 657. The monoisotopic (exact) mass is 416 g/mol. The van der Waals surface area contributed by atoms with Crippen LogP contribution in [0.25, 0.3) is 10.9 Å². The van der Waals surface area contributed by atoms with Crippen LogP contribution in [-0.4, -0.2) is 31.1 Å². The molecule has 0 aliphatic heterocycles. The molecule has 0 bridgehead atoms. The van der Waals surface area contributed by atoms with E-state index in [0.29, 0.717) is 12.5 Å². The van der Waals surface area contributed by atoms with Gasteiger partial charge in [-0.25, -0.2) is 0 Å². The van der Waals surface area contributed by atoms with Gasteiger partial charge >= 0.3 is 0 Å². The molecule has 0 fully saturated rings. The quantitative estimate of drug-likeness (QED) is 0.311. The minimum Gasteiger partial charge on any atom is -0.361 e. The molecule has 2 aromatic rings. The molecule has 21 heavy (non-hydrogen) atoms. The number of nitrogens with one attached hydrogen (secondary N) is 3. The number of hydrogen-bond donors (Lipinski definition) is 3. The van der Waals surface area contributed by atoms with E-state index in [4.69, 9.17) is 18.0 Å². The maximum absolute atomic E-state index is 6.03. The zero-order valence-corrected chi connectivity index (χ0v) is 14.8. The van der Waals surface area contributed by atoms with Crippen molar-refractivity contribution >= 4 is 52.4 Å². The topological polar surface area (TPSA) is 52.2 Å². The molecule has 1 heterocycles. The van der Waals surface area contributed by atoms with Crippen LogP contribution in [0.1, 0.15) is 5.56 Å². The Morgan fingerprint density at radius 3 is 2.95 bits per heavy atom. The Morgan fingerprint density at radius 2 is 2.24 bits per heavy atom. The largest absolute Gasteiger partial charge is 0.361 e. The minimum atomic E-state index is 0. The van der Waals surface area contributed by atoms with Crippen molar-refractivity contribution in [2.45, 2.75) is 6.42 Å². The summed E-state index contributed by atoms with van der Waals surface area (Å²) < 4.78 is 0. The molecule has 2 rings (SSSR count). The van der Waals surface area contributed by atoms with Gasteiger partial charge in [-0.2, -0.15) is 0 Å². The standard InChI is InChI=1S/C15H17ClN4.HI/c1-3-7-18-15(17-2)19-8-6-11-10-20-14-5-4-12(16)9-13(11)14;/h1,4-5,9-10,20H,6-8H2,2H3,(H2,17,18,19);1H. The fraction of sp³-hybridized carbons (Fsp3) is 0.267. The number of H-pyrrole nitrogens is 1. The van der Waals surface area contributed by atoms with Crippen molar-refractivity contribution in [2.24, 2.45) is 4.99 Å². The van der Waals surface area contributed by atoms with Gasteiger partial charge < -0.3 is 15.6 Å². The van der Waals surface area contributed by atoms with Crippen LogP contribution < -0.4 is 10.6 Å². The van der Waals surface area contributed by atoms with Crippen LogP contribution in [0.3, 0.4) is 0 Å². The maximum Gasteiger partial charge on any atom is 0.191 e. The van der Waals surface area contributed by atoms with E-state index in [1.165, 1.54) is 5.56 Å². The molecular weight excluding hydrogens is 399 g/mol. The molecule has 1 aromatic carbocycles. The number of guanidine groups is 1. The lowest BCUT2D eigenvalue weighted by molar-refractivity contribution is 0.827. The first-order chi connectivity index (χ1) is 9.74. The summed E-state index contributed by atoms with van der Waals surface area (Å²) in [6.07, 6.45) is 8.09. The average molecular weight is 417 g/mol. The van der Waals surface area contributed by atoms with Crippen molar-refractivity contribution in [1.82, 2.24) is 15.6 Å². The molecule has 4 nitrogen and oxygen atoms in total. The highest BCUT2D eigenvalue weighted by atomic mass is 127. The number of hydrogen-bond acceptors (Lipinski definition) is 1. The van der Waals surface area contributed by atoms with Gasteiger partial charge in [-0.05, 0) is 30.2 Å². The maximum atomic E-state index is 6.03. The number of rotatable bonds is 4. The van der Waals surface area contributed by atoms with Gasteiger partial charge in [0.2, 0.25) is 0 Å². The smallest absolute Gasteiger partial charge is 0.191 e. The summed E-state index contributed by atoms with van der Waals surface area (Å²) >= 11 is 6.03. The Labute approximate surface area is 146 Å². The van der Waals surface area contributed by atoms with E-state index in [0.717, 1.165) is 28.9 Å². The highest BCUT2D eigenvalue weighted by Gasteiger charge is 2.04. The van der Waals surface area contributed by atoms with Crippen LogP contribution in [0.15, 0.2) is 29.4 Å². The van der Waals surface area contributed by atoms with Gasteiger partial charge in [0.05, 0.1) is 6.54 Å². The van der Waals surface area contributed by atoms with Crippen molar-refractivity contribution in [3.8, 4) is 12.3 Å². The summed E-state index contributed by atoms with van der Waals surface area (Å²) in [4.78, 5) is 7.33. The van der Waals surface area contributed by atoms with E-state index in [1.807, 2.05) is 24.4 Å². The number of aromatic nitrogens is 1. The zero-order valence-electron chi connectivity index (χ0n) is 11.7. The van der Waals surface area contributed by atoms with Crippen LogP contribution in [0, 0.1) is 12.3 Å². The first kappa shape index (κ1) is 17.7. The van der Waals surface area contributed by atoms with Gasteiger partial charge in [0.1, 0.15) is 0 Å². The number of halogens is 2. The van der Waals surface area contributed by atoms with E-state index >= 15 is 0 Å². The third kappa shape index (κ3) is 4.83. The van der Waals surface area contributed by atoms with Gasteiger partial charge in [0.15, 0.2) is 5.96 Å². The number of fused-ring (bicyclic) bond motifs is 1. The zero-order chi connectivity index (χ0) is 14.4. The van der Waals surface area contributed by atoms with Crippen LogP contribution in [-0.2, 0) is 6.42 Å². The normalized spacial score (nSPS) is 10.8. The fourth-order valence-electron chi connectivity index (χ4n) is 2.03. The van der Waals surface area contributed by atoms with Crippen LogP contribution in [0.4, 0.5) is 0 Å². The van der Waals surface area contributed by atoms with Crippen molar-refractivity contribution in [1.29, 1.82) is 0 Å². The molecule has 0 unspecified atom stereocenters. The first-order valence-corrected chi connectivity index (χ1v) is 6.76. The van der Waals surface area contributed by atoms with E-state index in [9.17, 15) is 0 Å². The Morgan fingerprint density at radius 1 is 1.43 bits per heavy atom. The number of benzene rings is 1. The third-order valence-electron chi connectivity index (χ3n) is 3.00. The number of aromatic amines is 1. The number of nitrogens with zero attached hydrogens (tertiary/aromatic N) is 1.